The minimum atomic E-state index is -0.177. The molecule has 0 bridgehead atoms. The second-order valence-electron chi connectivity index (χ2n) is 5.75. The summed E-state index contributed by atoms with van der Waals surface area (Å²) >= 11 is 0. The lowest BCUT2D eigenvalue weighted by atomic mass is 9.91. The van der Waals surface area contributed by atoms with E-state index in [9.17, 15) is 4.39 Å². The number of aryl methyl sites for hydroxylation is 3. The minimum absolute atomic E-state index is 0.0428. The van der Waals surface area contributed by atoms with Crippen LogP contribution in [0.2, 0.25) is 0 Å². The van der Waals surface area contributed by atoms with E-state index in [0.29, 0.717) is 0 Å². The molecule has 0 aliphatic rings. The summed E-state index contributed by atoms with van der Waals surface area (Å²) in [6.45, 7) is 9.31. The molecule has 2 aromatic rings. The van der Waals surface area contributed by atoms with E-state index in [-0.39, 0.29) is 11.9 Å². The molecule has 21 heavy (non-hydrogen) atoms. The Morgan fingerprint density at radius 1 is 0.952 bits per heavy atom. The Balaban J connectivity index is 2.49. The van der Waals surface area contributed by atoms with Crippen molar-refractivity contribution in [2.75, 3.05) is 6.54 Å². The van der Waals surface area contributed by atoms with E-state index in [4.69, 9.17) is 0 Å². The van der Waals surface area contributed by atoms with Crippen molar-refractivity contribution in [1.82, 2.24) is 5.32 Å². The second-order valence-corrected chi connectivity index (χ2v) is 5.75. The first-order valence-electron chi connectivity index (χ1n) is 7.59. The van der Waals surface area contributed by atoms with Crippen LogP contribution >= 0.6 is 0 Å². The first-order chi connectivity index (χ1) is 10.0. The van der Waals surface area contributed by atoms with Gasteiger partial charge in [-0.15, -0.1) is 0 Å². The van der Waals surface area contributed by atoms with Crippen LogP contribution < -0.4 is 5.32 Å². The molecule has 0 saturated heterocycles. The molecule has 1 nitrogen and oxygen atoms in total. The average Bonchev–Trinajstić information content (AvgIpc) is 2.44. The Morgan fingerprint density at radius 2 is 1.71 bits per heavy atom. The topological polar surface area (TPSA) is 12.0 Å². The molecule has 0 saturated carbocycles. The maximum absolute atomic E-state index is 13.7. The smallest absolute Gasteiger partial charge is 0.123 e. The fourth-order valence-corrected chi connectivity index (χ4v) is 2.75. The van der Waals surface area contributed by atoms with E-state index < -0.39 is 0 Å². The molecule has 0 aliphatic carbocycles. The van der Waals surface area contributed by atoms with Gasteiger partial charge >= 0.3 is 0 Å². The molecule has 0 aromatic heterocycles. The highest BCUT2D eigenvalue weighted by Gasteiger charge is 2.18. The molecule has 0 amide bonds. The van der Waals surface area contributed by atoms with Crippen LogP contribution in [-0.2, 0) is 0 Å². The van der Waals surface area contributed by atoms with Crippen molar-refractivity contribution in [3.05, 3.63) is 70.0 Å². The van der Waals surface area contributed by atoms with Gasteiger partial charge in [0.15, 0.2) is 0 Å². The highest BCUT2D eigenvalue weighted by atomic mass is 19.1. The zero-order chi connectivity index (χ0) is 15.4. The summed E-state index contributed by atoms with van der Waals surface area (Å²) < 4.78 is 13.7. The lowest BCUT2D eigenvalue weighted by Crippen LogP contribution is -2.24. The lowest BCUT2D eigenvalue weighted by molar-refractivity contribution is 0.581. The Bertz CT molecular complexity index is 619. The second kappa shape index (κ2) is 6.86. The maximum atomic E-state index is 13.7. The van der Waals surface area contributed by atoms with Crippen molar-refractivity contribution in [2.45, 2.75) is 40.2 Å². The Kier molecular flexibility index (Phi) is 5.13. The van der Waals surface area contributed by atoms with E-state index in [1.165, 1.54) is 22.8 Å². The maximum Gasteiger partial charge on any atom is 0.123 e. The van der Waals surface area contributed by atoms with Gasteiger partial charge in [0.05, 0.1) is 6.04 Å². The number of rotatable bonds is 5. The number of hydrogen-bond donors (Lipinski definition) is 1. The van der Waals surface area contributed by atoms with E-state index in [0.717, 1.165) is 24.1 Å². The monoisotopic (exact) mass is 285 g/mol. The summed E-state index contributed by atoms with van der Waals surface area (Å²) in [4.78, 5) is 0. The first kappa shape index (κ1) is 15.7. The van der Waals surface area contributed by atoms with Crippen LogP contribution in [0.25, 0.3) is 0 Å². The molecular formula is C19H24FN. The summed E-state index contributed by atoms with van der Waals surface area (Å²) in [6.07, 6.45) is 1.05. The van der Waals surface area contributed by atoms with E-state index in [2.05, 4.69) is 44.3 Å². The van der Waals surface area contributed by atoms with Crippen LogP contribution in [0.1, 0.15) is 47.2 Å². The van der Waals surface area contributed by atoms with Gasteiger partial charge < -0.3 is 5.32 Å². The molecule has 0 aliphatic heterocycles. The molecule has 112 valence electrons. The Labute approximate surface area is 127 Å². The van der Waals surface area contributed by atoms with E-state index >= 15 is 0 Å². The summed E-state index contributed by atoms with van der Waals surface area (Å²) in [6, 6.07) is 11.5. The van der Waals surface area contributed by atoms with Crippen LogP contribution in [0.5, 0.6) is 0 Å². The first-order valence-corrected chi connectivity index (χ1v) is 7.59. The van der Waals surface area contributed by atoms with Crippen molar-refractivity contribution < 1.29 is 4.39 Å². The molecule has 0 radical (unpaired) electrons. The Hall–Kier alpha value is -1.67. The molecular weight excluding hydrogens is 261 g/mol. The third-order valence-electron chi connectivity index (χ3n) is 3.89. The van der Waals surface area contributed by atoms with Crippen LogP contribution in [0.3, 0.4) is 0 Å². The number of nitrogens with one attached hydrogen (secondary N) is 1. The quantitative estimate of drug-likeness (QED) is 0.829. The molecule has 0 fully saturated rings. The van der Waals surface area contributed by atoms with E-state index in [1.54, 1.807) is 6.07 Å². The zero-order valence-corrected chi connectivity index (χ0v) is 13.3. The van der Waals surface area contributed by atoms with Gasteiger partial charge in [0.25, 0.3) is 0 Å². The van der Waals surface area contributed by atoms with Crippen LogP contribution in [-0.4, -0.2) is 6.54 Å². The minimum Gasteiger partial charge on any atom is -0.306 e. The molecule has 1 atom stereocenters. The number of halogens is 1. The largest absolute Gasteiger partial charge is 0.306 e. The third kappa shape index (κ3) is 3.70. The number of benzene rings is 2. The van der Waals surface area contributed by atoms with Gasteiger partial charge in [-0.3, -0.25) is 0 Å². The van der Waals surface area contributed by atoms with Crippen molar-refractivity contribution in [1.29, 1.82) is 0 Å². The van der Waals surface area contributed by atoms with Crippen LogP contribution in [0, 0.1) is 26.6 Å². The summed E-state index contributed by atoms with van der Waals surface area (Å²) in [5, 5.41) is 3.56. The molecule has 1 unspecified atom stereocenters. The van der Waals surface area contributed by atoms with E-state index in [1.807, 2.05) is 13.0 Å². The van der Waals surface area contributed by atoms with Gasteiger partial charge in [-0.1, -0.05) is 36.8 Å². The highest BCUT2D eigenvalue weighted by molar-refractivity contribution is 5.41. The van der Waals surface area contributed by atoms with Crippen molar-refractivity contribution in [3.63, 3.8) is 0 Å². The summed E-state index contributed by atoms with van der Waals surface area (Å²) in [5.41, 5.74) is 5.86. The van der Waals surface area contributed by atoms with Crippen molar-refractivity contribution in [3.8, 4) is 0 Å². The fraction of sp³-hybridized carbons (Fsp3) is 0.368. The third-order valence-corrected chi connectivity index (χ3v) is 3.89. The van der Waals surface area contributed by atoms with Crippen molar-refractivity contribution in [2.24, 2.45) is 0 Å². The van der Waals surface area contributed by atoms with Crippen molar-refractivity contribution >= 4 is 0 Å². The summed E-state index contributed by atoms with van der Waals surface area (Å²) in [7, 11) is 0. The zero-order valence-electron chi connectivity index (χ0n) is 13.3. The highest BCUT2D eigenvalue weighted by Crippen LogP contribution is 2.28. The average molecular weight is 285 g/mol. The van der Waals surface area contributed by atoms with Gasteiger partial charge in [-0.05, 0) is 68.1 Å². The predicted molar refractivity (Wildman–Crippen MR) is 87.2 cm³/mol. The molecule has 0 heterocycles. The predicted octanol–water partition coefficient (Wildman–Crippen LogP) is 4.84. The molecule has 2 rings (SSSR count). The van der Waals surface area contributed by atoms with Crippen LogP contribution in [0.4, 0.5) is 4.39 Å². The van der Waals surface area contributed by atoms with Crippen LogP contribution in [0.15, 0.2) is 36.4 Å². The van der Waals surface area contributed by atoms with Gasteiger partial charge in [0, 0.05) is 0 Å². The van der Waals surface area contributed by atoms with Gasteiger partial charge in [-0.25, -0.2) is 4.39 Å². The fourth-order valence-electron chi connectivity index (χ4n) is 2.75. The molecule has 1 N–H and O–H groups in total. The molecule has 2 aromatic carbocycles. The normalized spacial score (nSPS) is 12.4. The summed E-state index contributed by atoms with van der Waals surface area (Å²) in [5.74, 6) is -0.177. The van der Waals surface area contributed by atoms with Gasteiger partial charge in [0.2, 0.25) is 0 Å². The van der Waals surface area contributed by atoms with Gasteiger partial charge in [0.1, 0.15) is 5.82 Å². The molecule has 0 spiro atoms. The standard InChI is InChI=1S/C19H24FN/c1-5-10-21-19(17-9-6-13(2)11-15(17)4)18-12-16(20)8-7-14(18)3/h6-9,11-12,19,21H,5,10H2,1-4H3. The molecule has 2 heteroatoms. The Morgan fingerprint density at radius 3 is 2.38 bits per heavy atom. The van der Waals surface area contributed by atoms with Gasteiger partial charge in [-0.2, -0.15) is 0 Å². The lowest BCUT2D eigenvalue weighted by Gasteiger charge is -2.23. The SMILES string of the molecule is CCCNC(c1ccc(C)cc1C)c1cc(F)ccc1C. The number of hydrogen-bond acceptors (Lipinski definition) is 1.